The number of rotatable bonds is 2. The van der Waals surface area contributed by atoms with Crippen LogP contribution in [-0.4, -0.2) is 21.7 Å². The number of hydrogen-bond acceptors (Lipinski definition) is 3. The summed E-state index contributed by atoms with van der Waals surface area (Å²) in [7, 11) is 1.66. The SMILES string of the molecule is COCc1ccnc2ccnn12. The van der Waals surface area contributed by atoms with Crippen LogP contribution in [0.2, 0.25) is 0 Å². The monoisotopic (exact) mass is 163 g/mol. The second kappa shape index (κ2) is 2.91. The van der Waals surface area contributed by atoms with E-state index in [-0.39, 0.29) is 0 Å². The molecule has 0 radical (unpaired) electrons. The molecule has 0 atom stereocenters. The van der Waals surface area contributed by atoms with Crippen molar-refractivity contribution in [3.05, 3.63) is 30.2 Å². The molecular weight excluding hydrogens is 154 g/mol. The molecule has 0 aliphatic heterocycles. The van der Waals surface area contributed by atoms with E-state index in [1.807, 2.05) is 12.1 Å². The summed E-state index contributed by atoms with van der Waals surface area (Å²) in [6.45, 7) is 0.556. The number of hydrogen-bond donors (Lipinski definition) is 0. The van der Waals surface area contributed by atoms with E-state index in [1.165, 1.54) is 0 Å². The van der Waals surface area contributed by atoms with Crippen LogP contribution >= 0.6 is 0 Å². The van der Waals surface area contributed by atoms with Crippen LogP contribution in [0.15, 0.2) is 24.5 Å². The molecule has 0 amide bonds. The van der Waals surface area contributed by atoms with E-state index in [2.05, 4.69) is 10.1 Å². The summed E-state index contributed by atoms with van der Waals surface area (Å²) >= 11 is 0. The highest BCUT2D eigenvalue weighted by atomic mass is 16.5. The minimum absolute atomic E-state index is 0.556. The Balaban J connectivity index is 2.57. The maximum Gasteiger partial charge on any atom is 0.155 e. The number of aromatic nitrogens is 3. The maximum absolute atomic E-state index is 5.02. The van der Waals surface area contributed by atoms with Crippen LogP contribution in [0, 0.1) is 0 Å². The molecule has 0 N–H and O–H groups in total. The van der Waals surface area contributed by atoms with Gasteiger partial charge in [0.1, 0.15) is 0 Å². The van der Waals surface area contributed by atoms with E-state index in [9.17, 15) is 0 Å². The van der Waals surface area contributed by atoms with Gasteiger partial charge in [0, 0.05) is 19.4 Å². The van der Waals surface area contributed by atoms with Crippen molar-refractivity contribution in [3.63, 3.8) is 0 Å². The first-order chi connectivity index (χ1) is 5.92. The number of nitrogens with zero attached hydrogens (tertiary/aromatic N) is 3. The van der Waals surface area contributed by atoms with Crippen molar-refractivity contribution in [2.24, 2.45) is 0 Å². The van der Waals surface area contributed by atoms with Crippen LogP contribution in [0.5, 0.6) is 0 Å². The summed E-state index contributed by atoms with van der Waals surface area (Å²) in [5.41, 5.74) is 1.86. The van der Waals surface area contributed by atoms with Gasteiger partial charge in [-0.25, -0.2) is 9.50 Å². The molecule has 2 heterocycles. The predicted octanol–water partition coefficient (Wildman–Crippen LogP) is 0.876. The van der Waals surface area contributed by atoms with Gasteiger partial charge in [-0.05, 0) is 6.07 Å². The molecule has 0 bridgehead atoms. The van der Waals surface area contributed by atoms with E-state index in [0.29, 0.717) is 6.61 Å². The minimum Gasteiger partial charge on any atom is -0.378 e. The van der Waals surface area contributed by atoms with E-state index in [4.69, 9.17) is 4.74 Å². The third-order valence-corrected chi connectivity index (χ3v) is 1.66. The van der Waals surface area contributed by atoms with Crippen molar-refractivity contribution in [3.8, 4) is 0 Å². The van der Waals surface area contributed by atoms with Crippen molar-refractivity contribution >= 4 is 5.65 Å². The van der Waals surface area contributed by atoms with Crippen molar-refractivity contribution in [1.82, 2.24) is 14.6 Å². The fourth-order valence-electron chi connectivity index (χ4n) is 1.14. The highest BCUT2D eigenvalue weighted by Gasteiger charge is 1.99. The normalized spacial score (nSPS) is 10.8. The van der Waals surface area contributed by atoms with Gasteiger partial charge in [0.2, 0.25) is 0 Å². The third-order valence-electron chi connectivity index (χ3n) is 1.66. The Morgan fingerprint density at radius 2 is 2.33 bits per heavy atom. The molecule has 0 aromatic carbocycles. The fraction of sp³-hybridized carbons (Fsp3) is 0.250. The lowest BCUT2D eigenvalue weighted by Gasteiger charge is -2.01. The summed E-state index contributed by atoms with van der Waals surface area (Å²) in [5, 5.41) is 4.11. The molecule has 4 nitrogen and oxygen atoms in total. The molecule has 0 spiro atoms. The molecule has 0 aliphatic rings. The lowest BCUT2D eigenvalue weighted by atomic mass is 10.4. The van der Waals surface area contributed by atoms with Crippen LogP contribution in [0.4, 0.5) is 0 Å². The van der Waals surface area contributed by atoms with Crippen LogP contribution < -0.4 is 0 Å². The fourth-order valence-corrected chi connectivity index (χ4v) is 1.14. The van der Waals surface area contributed by atoms with Crippen LogP contribution in [0.3, 0.4) is 0 Å². The average molecular weight is 163 g/mol. The molecule has 12 heavy (non-hydrogen) atoms. The topological polar surface area (TPSA) is 39.4 Å². The van der Waals surface area contributed by atoms with Gasteiger partial charge in [0.15, 0.2) is 5.65 Å². The Hall–Kier alpha value is -1.42. The van der Waals surface area contributed by atoms with Gasteiger partial charge in [-0.15, -0.1) is 0 Å². The van der Waals surface area contributed by atoms with Gasteiger partial charge in [-0.1, -0.05) is 0 Å². The Kier molecular flexibility index (Phi) is 1.75. The molecule has 0 fully saturated rings. The number of methoxy groups -OCH3 is 1. The molecule has 62 valence electrons. The molecule has 0 unspecified atom stereocenters. The Labute approximate surface area is 69.8 Å². The summed E-state index contributed by atoms with van der Waals surface area (Å²) in [5.74, 6) is 0. The Bertz CT molecular complexity index is 382. The molecule has 0 saturated heterocycles. The van der Waals surface area contributed by atoms with Crippen molar-refractivity contribution in [2.45, 2.75) is 6.61 Å². The van der Waals surface area contributed by atoms with Crippen LogP contribution in [0.25, 0.3) is 5.65 Å². The Morgan fingerprint density at radius 1 is 1.42 bits per heavy atom. The molecule has 2 rings (SSSR count). The quantitative estimate of drug-likeness (QED) is 0.659. The second-order valence-electron chi connectivity index (χ2n) is 2.47. The molecule has 2 aromatic rings. The third kappa shape index (κ3) is 1.06. The zero-order valence-electron chi connectivity index (χ0n) is 6.77. The summed E-state index contributed by atoms with van der Waals surface area (Å²) in [6, 6.07) is 3.75. The van der Waals surface area contributed by atoms with E-state index in [1.54, 1.807) is 24.0 Å². The van der Waals surface area contributed by atoms with Gasteiger partial charge in [-0.2, -0.15) is 5.10 Å². The first-order valence-corrected chi connectivity index (χ1v) is 3.68. The largest absolute Gasteiger partial charge is 0.378 e. The standard InChI is InChI=1S/C8H9N3O/c1-12-6-7-2-4-9-8-3-5-10-11(7)8/h2-5H,6H2,1H3. The molecule has 2 aromatic heterocycles. The molecular formula is C8H9N3O. The first kappa shape index (κ1) is 7.24. The zero-order valence-corrected chi connectivity index (χ0v) is 6.77. The second-order valence-corrected chi connectivity index (χ2v) is 2.47. The Morgan fingerprint density at radius 3 is 3.17 bits per heavy atom. The summed E-state index contributed by atoms with van der Waals surface area (Å²) in [6.07, 6.45) is 3.48. The minimum atomic E-state index is 0.556. The highest BCUT2D eigenvalue weighted by Crippen LogP contribution is 2.03. The van der Waals surface area contributed by atoms with Crippen molar-refractivity contribution < 1.29 is 4.74 Å². The average Bonchev–Trinajstić information content (AvgIpc) is 2.53. The van der Waals surface area contributed by atoms with E-state index >= 15 is 0 Å². The van der Waals surface area contributed by atoms with Gasteiger partial charge >= 0.3 is 0 Å². The van der Waals surface area contributed by atoms with Crippen LogP contribution in [0.1, 0.15) is 5.69 Å². The van der Waals surface area contributed by atoms with Crippen LogP contribution in [-0.2, 0) is 11.3 Å². The molecule has 0 saturated carbocycles. The van der Waals surface area contributed by atoms with Crippen molar-refractivity contribution in [2.75, 3.05) is 7.11 Å². The molecule has 0 aliphatic carbocycles. The van der Waals surface area contributed by atoms with Gasteiger partial charge in [0.25, 0.3) is 0 Å². The molecule has 4 heteroatoms. The summed E-state index contributed by atoms with van der Waals surface area (Å²) < 4.78 is 6.78. The predicted molar refractivity (Wildman–Crippen MR) is 43.7 cm³/mol. The van der Waals surface area contributed by atoms with Gasteiger partial charge in [0.05, 0.1) is 18.5 Å². The first-order valence-electron chi connectivity index (χ1n) is 3.68. The van der Waals surface area contributed by atoms with Gasteiger partial charge in [-0.3, -0.25) is 0 Å². The lowest BCUT2D eigenvalue weighted by molar-refractivity contribution is 0.179. The smallest absolute Gasteiger partial charge is 0.155 e. The lowest BCUT2D eigenvalue weighted by Crippen LogP contribution is -2.00. The van der Waals surface area contributed by atoms with Crippen molar-refractivity contribution in [1.29, 1.82) is 0 Å². The number of fused-ring (bicyclic) bond motifs is 1. The van der Waals surface area contributed by atoms with Gasteiger partial charge < -0.3 is 4.74 Å². The van der Waals surface area contributed by atoms with E-state index in [0.717, 1.165) is 11.3 Å². The zero-order chi connectivity index (χ0) is 8.39. The maximum atomic E-state index is 5.02. The number of ether oxygens (including phenoxy) is 1. The highest BCUT2D eigenvalue weighted by molar-refractivity contribution is 5.36. The van der Waals surface area contributed by atoms with E-state index < -0.39 is 0 Å². The summed E-state index contributed by atoms with van der Waals surface area (Å²) in [4.78, 5) is 4.13.